The first-order valence-electron chi connectivity index (χ1n) is 7.41. The number of nitrogens with one attached hydrogen (secondary N) is 1. The third kappa shape index (κ3) is 3.12. The Morgan fingerprint density at radius 1 is 1.04 bits per heavy atom. The standard InChI is InChI=1S/C18H17N3O3/c1-23-15-7-6-12(10-16(15)24-2)11-21-18(22)13-4-3-5-14-17(13)20-9-8-19-14/h3-10H,11H2,1-2H3,(H,21,22). The van der Waals surface area contributed by atoms with Crippen LogP contribution in [0.2, 0.25) is 0 Å². The fourth-order valence-corrected chi connectivity index (χ4v) is 2.44. The quantitative estimate of drug-likeness (QED) is 0.781. The van der Waals surface area contributed by atoms with Gasteiger partial charge in [0.1, 0.15) is 5.52 Å². The van der Waals surface area contributed by atoms with E-state index in [4.69, 9.17) is 9.47 Å². The van der Waals surface area contributed by atoms with Crippen LogP contribution in [0.15, 0.2) is 48.8 Å². The minimum Gasteiger partial charge on any atom is -0.493 e. The fourth-order valence-electron chi connectivity index (χ4n) is 2.44. The van der Waals surface area contributed by atoms with Crippen LogP contribution in [0.1, 0.15) is 15.9 Å². The largest absolute Gasteiger partial charge is 0.493 e. The highest BCUT2D eigenvalue weighted by Crippen LogP contribution is 2.27. The summed E-state index contributed by atoms with van der Waals surface area (Å²) in [5.41, 5.74) is 2.69. The number of hydrogen-bond acceptors (Lipinski definition) is 5. The molecule has 3 aromatic rings. The third-order valence-corrected chi connectivity index (χ3v) is 3.64. The fraction of sp³-hybridized carbons (Fsp3) is 0.167. The van der Waals surface area contributed by atoms with Gasteiger partial charge in [0, 0.05) is 18.9 Å². The molecule has 122 valence electrons. The zero-order valence-electron chi connectivity index (χ0n) is 13.4. The summed E-state index contributed by atoms with van der Waals surface area (Å²) >= 11 is 0. The van der Waals surface area contributed by atoms with Gasteiger partial charge in [-0.2, -0.15) is 0 Å². The molecule has 0 aliphatic heterocycles. The summed E-state index contributed by atoms with van der Waals surface area (Å²) in [6, 6.07) is 10.9. The first-order chi connectivity index (χ1) is 11.7. The molecule has 0 unspecified atom stereocenters. The average Bonchev–Trinajstić information content (AvgIpc) is 2.65. The molecule has 2 aromatic carbocycles. The molecule has 0 radical (unpaired) electrons. The van der Waals surface area contributed by atoms with Crippen LogP contribution in [0, 0.1) is 0 Å². The van der Waals surface area contributed by atoms with Gasteiger partial charge in [-0.25, -0.2) is 0 Å². The van der Waals surface area contributed by atoms with Crippen molar-refractivity contribution in [3.63, 3.8) is 0 Å². The summed E-state index contributed by atoms with van der Waals surface area (Å²) < 4.78 is 10.5. The van der Waals surface area contributed by atoms with E-state index in [2.05, 4.69) is 15.3 Å². The Labute approximate surface area is 139 Å². The number of benzene rings is 2. The van der Waals surface area contributed by atoms with E-state index in [1.807, 2.05) is 24.3 Å². The summed E-state index contributed by atoms with van der Waals surface area (Å²) in [5.74, 6) is 1.08. The van der Waals surface area contributed by atoms with Crippen molar-refractivity contribution in [1.29, 1.82) is 0 Å². The van der Waals surface area contributed by atoms with Gasteiger partial charge in [-0.05, 0) is 29.8 Å². The first-order valence-corrected chi connectivity index (χ1v) is 7.41. The maximum absolute atomic E-state index is 12.5. The van der Waals surface area contributed by atoms with Gasteiger partial charge in [-0.15, -0.1) is 0 Å². The molecular weight excluding hydrogens is 306 g/mol. The lowest BCUT2D eigenvalue weighted by Crippen LogP contribution is -2.23. The SMILES string of the molecule is COc1ccc(CNC(=O)c2cccc3nccnc23)cc1OC. The smallest absolute Gasteiger partial charge is 0.253 e. The van der Waals surface area contributed by atoms with E-state index >= 15 is 0 Å². The number of carbonyl (C=O) groups excluding carboxylic acids is 1. The number of methoxy groups -OCH3 is 2. The highest BCUT2D eigenvalue weighted by Gasteiger charge is 2.12. The van der Waals surface area contributed by atoms with Crippen LogP contribution in [-0.4, -0.2) is 30.1 Å². The Bertz CT molecular complexity index is 875. The van der Waals surface area contributed by atoms with Crippen molar-refractivity contribution in [2.75, 3.05) is 14.2 Å². The van der Waals surface area contributed by atoms with Crippen LogP contribution in [0.3, 0.4) is 0 Å². The highest BCUT2D eigenvalue weighted by molar-refractivity contribution is 6.04. The van der Waals surface area contributed by atoms with Crippen LogP contribution in [0.4, 0.5) is 0 Å². The minimum atomic E-state index is -0.198. The molecule has 1 aromatic heterocycles. The Morgan fingerprint density at radius 3 is 2.62 bits per heavy atom. The lowest BCUT2D eigenvalue weighted by Gasteiger charge is -2.11. The zero-order valence-corrected chi connectivity index (χ0v) is 13.4. The summed E-state index contributed by atoms with van der Waals surface area (Å²) in [6.45, 7) is 0.371. The molecule has 0 saturated carbocycles. The maximum Gasteiger partial charge on any atom is 0.253 e. The predicted molar refractivity (Wildman–Crippen MR) is 90.3 cm³/mol. The normalized spacial score (nSPS) is 10.4. The van der Waals surface area contributed by atoms with Crippen molar-refractivity contribution >= 4 is 16.9 Å². The zero-order chi connectivity index (χ0) is 16.9. The number of nitrogens with zero attached hydrogens (tertiary/aromatic N) is 2. The molecule has 6 nitrogen and oxygen atoms in total. The van der Waals surface area contributed by atoms with Gasteiger partial charge in [0.05, 0.1) is 25.3 Å². The monoisotopic (exact) mass is 323 g/mol. The van der Waals surface area contributed by atoms with Gasteiger partial charge in [0.15, 0.2) is 11.5 Å². The van der Waals surface area contributed by atoms with Crippen LogP contribution in [-0.2, 0) is 6.54 Å². The summed E-state index contributed by atoms with van der Waals surface area (Å²) in [4.78, 5) is 20.9. The Morgan fingerprint density at radius 2 is 1.83 bits per heavy atom. The molecule has 0 aliphatic rings. The van der Waals surface area contributed by atoms with Crippen LogP contribution >= 0.6 is 0 Å². The van der Waals surface area contributed by atoms with Gasteiger partial charge in [0.2, 0.25) is 0 Å². The minimum absolute atomic E-state index is 0.198. The van der Waals surface area contributed by atoms with Gasteiger partial charge < -0.3 is 14.8 Å². The number of para-hydroxylation sites is 1. The number of carbonyl (C=O) groups is 1. The van der Waals surface area contributed by atoms with E-state index in [0.717, 1.165) is 5.56 Å². The van der Waals surface area contributed by atoms with Crippen LogP contribution in [0.25, 0.3) is 11.0 Å². The molecule has 0 fully saturated rings. The number of ether oxygens (including phenoxy) is 2. The van der Waals surface area contributed by atoms with Crippen molar-refractivity contribution in [1.82, 2.24) is 15.3 Å². The molecule has 0 atom stereocenters. The van der Waals surface area contributed by atoms with Gasteiger partial charge >= 0.3 is 0 Å². The molecule has 6 heteroatoms. The molecule has 0 saturated heterocycles. The first kappa shape index (κ1) is 15.7. The van der Waals surface area contributed by atoms with E-state index in [-0.39, 0.29) is 5.91 Å². The molecular formula is C18H17N3O3. The van der Waals surface area contributed by atoms with Crippen molar-refractivity contribution in [3.05, 3.63) is 59.9 Å². The topological polar surface area (TPSA) is 73.3 Å². The second-order valence-corrected chi connectivity index (χ2v) is 5.10. The van der Waals surface area contributed by atoms with Crippen molar-refractivity contribution in [3.8, 4) is 11.5 Å². The molecule has 0 bridgehead atoms. The number of fused-ring (bicyclic) bond motifs is 1. The lowest BCUT2D eigenvalue weighted by molar-refractivity contribution is 0.0952. The van der Waals surface area contributed by atoms with E-state index in [9.17, 15) is 4.79 Å². The van der Waals surface area contributed by atoms with Crippen molar-refractivity contribution in [2.45, 2.75) is 6.54 Å². The predicted octanol–water partition coefficient (Wildman–Crippen LogP) is 2.58. The van der Waals surface area contributed by atoms with E-state index in [1.165, 1.54) is 0 Å². The van der Waals surface area contributed by atoms with Gasteiger partial charge in [0.25, 0.3) is 5.91 Å². The summed E-state index contributed by atoms with van der Waals surface area (Å²) in [6.07, 6.45) is 3.18. The molecule has 0 aliphatic carbocycles. The Balaban J connectivity index is 1.78. The molecule has 0 spiro atoms. The maximum atomic E-state index is 12.5. The van der Waals surface area contributed by atoms with E-state index in [1.54, 1.807) is 38.7 Å². The lowest BCUT2D eigenvalue weighted by atomic mass is 10.1. The Hall–Kier alpha value is -3.15. The van der Waals surface area contributed by atoms with E-state index < -0.39 is 0 Å². The third-order valence-electron chi connectivity index (χ3n) is 3.64. The van der Waals surface area contributed by atoms with Crippen molar-refractivity contribution in [2.24, 2.45) is 0 Å². The number of rotatable bonds is 5. The molecule has 1 amide bonds. The van der Waals surface area contributed by atoms with Crippen LogP contribution < -0.4 is 14.8 Å². The number of aromatic nitrogens is 2. The molecule has 1 N–H and O–H groups in total. The van der Waals surface area contributed by atoms with E-state index in [0.29, 0.717) is 34.6 Å². The number of amides is 1. The average molecular weight is 323 g/mol. The molecule has 1 heterocycles. The van der Waals surface area contributed by atoms with Gasteiger partial charge in [-0.1, -0.05) is 12.1 Å². The molecule has 3 rings (SSSR count). The second-order valence-electron chi connectivity index (χ2n) is 5.10. The summed E-state index contributed by atoms with van der Waals surface area (Å²) in [7, 11) is 3.16. The number of hydrogen-bond donors (Lipinski definition) is 1. The second kappa shape index (κ2) is 6.95. The van der Waals surface area contributed by atoms with Gasteiger partial charge in [-0.3, -0.25) is 14.8 Å². The summed E-state index contributed by atoms with van der Waals surface area (Å²) in [5, 5.41) is 2.89. The highest BCUT2D eigenvalue weighted by atomic mass is 16.5. The van der Waals surface area contributed by atoms with Crippen molar-refractivity contribution < 1.29 is 14.3 Å². The molecule has 24 heavy (non-hydrogen) atoms. The Kier molecular flexibility index (Phi) is 4.56. The van der Waals surface area contributed by atoms with Crippen LogP contribution in [0.5, 0.6) is 11.5 Å².